The number of carbonyl (C=O) groups excluding carboxylic acids is 1. The molecule has 1 aromatic rings. The lowest BCUT2D eigenvalue weighted by molar-refractivity contribution is -0.249. The van der Waals surface area contributed by atoms with Crippen molar-refractivity contribution in [3.05, 3.63) is 34.5 Å². The summed E-state index contributed by atoms with van der Waals surface area (Å²) in [6.45, 7) is 1.14. The molecule has 0 radical (unpaired) electrons. The summed E-state index contributed by atoms with van der Waals surface area (Å²) in [5.41, 5.74) is 15.0. The van der Waals surface area contributed by atoms with Gasteiger partial charge >= 0.3 is 5.97 Å². The van der Waals surface area contributed by atoms with Crippen LogP contribution in [0.4, 0.5) is 8.78 Å². The van der Waals surface area contributed by atoms with Crippen molar-refractivity contribution in [3.8, 4) is 5.75 Å². The van der Waals surface area contributed by atoms with E-state index in [1.807, 2.05) is 0 Å². The Labute approximate surface area is 131 Å². The van der Waals surface area contributed by atoms with E-state index in [1.165, 1.54) is 18.2 Å². The number of nitrogens with two attached hydrogens (primary N) is 2. The predicted octanol–water partition coefficient (Wildman–Crippen LogP) is 1.62. The molecule has 0 saturated heterocycles. The Morgan fingerprint density at radius 3 is 2.64 bits per heavy atom. The summed E-state index contributed by atoms with van der Waals surface area (Å²) >= 11 is 5.88. The van der Waals surface area contributed by atoms with Gasteiger partial charge in [0.15, 0.2) is 0 Å². The lowest BCUT2D eigenvalue weighted by atomic mass is 10.2. The fourth-order valence-electron chi connectivity index (χ4n) is 1.33. The van der Waals surface area contributed by atoms with Crippen LogP contribution in [0.5, 0.6) is 5.75 Å². The average molecular weight is 337 g/mol. The molecule has 0 unspecified atom stereocenters. The van der Waals surface area contributed by atoms with Gasteiger partial charge in [0.1, 0.15) is 18.1 Å². The second kappa shape index (κ2) is 10.5. The van der Waals surface area contributed by atoms with Crippen molar-refractivity contribution in [3.63, 3.8) is 0 Å². The molecule has 9 heteroatoms. The van der Waals surface area contributed by atoms with Gasteiger partial charge < -0.3 is 15.2 Å². The number of benzene rings is 1. The molecule has 0 saturated carbocycles. The van der Waals surface area contributed by atoms with Gasteiger partial charge in [0.2, 0.25) is 0 Å². The first-order valence-electron chi connectivity index (χ1n) is 6.07. The SMILES string of the molecule is CCOC(=O)/C(N)=C/c1ccc(OCC(F)F)c(Cl)c1.N=[NH2+]. The molecule has 0 amide bonds. The maximum Gasteiger partial charge on any atom is 0.354 e. The number of halogens is 3. The first kappa shape index (κ1) is 19.8. The lowest BCUT2D eigenvalue weighted by Gasteiger charge is -2.08. The first-order valence-corrected chi connectivity index (χ1v) is 6.45. The summed E-state index contributed by atoms with van der Waals surface area (Å²) < 4.78 is 33.6. The van der Waals surface area contributed by atoms with Crippen molar-refractivity contribution in [2.45, 2.75) is 13.3 Å². The average Bonchev–Trinajstić information content (AvgIpc) is 2.48. The van der Waals surface area contributed by atoms with Crippen LogP contribution in [0, 0.1) is 5.53 Å². The third-order valence-electron chi connectivity index (χ3n) is 2.15. The van der Waals surface area contributed by atoms with Crippen molar-refractivity contribution in [1.82, 2.24) is 0 Å². The molecule has 0 aliphatic carbocycles. The van der Waals surface area contributed by atoms with Crippen LogP contribution in [-0.4, -0.2) is 25.6 Å². The van der Waals surface area contributed by atoms with Crippen LogP contribution in [0.1, 0.15) is 12.5 Å². The monoisotopic (exact) mass is 336 g/mol. The highest BCUT2D eigenvalue weighted by Gasteiger charge is 2.09. The van der Waals surface area contributed by atoms with E-state index in [0.29, 0.717) is 5.56 Å². The molecule has 22 heavy (non-hydrogen) atoms. The number of hydrogen-bond donors (Lipinski definition) is 3. The molecule has 5 N–H and O–H groups in total. The lowest BCUT2D eigenvalue weighted by Crippen LogP contribution is -2.17. The Kier molecular flexibility index (Phi) is 9.44. The van der Waals surface area contributed by atoms with Gasteiger partial charge in [-0.3, -0.25) is 0 Å². The zero-order chi connectivity index (χ0) is 17.1. The van der Waals surface area contributed by atoms with Gasteiger partial charge in [0.05, 0.1) is 11.6 Å². The Balaban J connectivity index is 0.00000211. The molecule has 0 aromatic heterocycles. The highest BCUT2D eigenvalue weighted by Crippen LogP contribution is 2.26. The standard InChI is InChI=1S/C13H14ClF2NO3.H2N2/c1-2-19-13(18)10(17)6-8-3-4-11(9(14)5-8)20-7-12(15)16;1-2/h3-6,12H,2,7,17H2,1H3;1-2H/p+1/b10-6-;. The van der Waals surface area contributed by atoms with E-state index in [9.17, 15) is 13.6 Å². The van der Waals surface area contributed by atoms with Gasteiger partial charge in [0.25, 0.3) is 6.43 Å². The molecule has 1 rings (SSSR count). The maximum absolute atomic E-state index is 12.0. The third kappa shape index (κ3) is 6.98. The minimum Gasteiger partial charge on any atom is -0.486 e. The summed E-state index contributed by atoms with van der Waals surface area (Å²) in [5.74, 6) is -0.500. The van der Waals surface area contributed by atoms with E-state index >= 15 is 0 Å². The fourth-order valence-corrected chi connectivity index (χ4v) is 1.57. The number of rotatable bonds is 6. The summed E-state index contributed by atoms with van der Waals surface area (Å²) in [5, 5.41) is 0.149. The highest BCUT2D eigenvalue weighted by atomic mass is 35.5. The van der Waals surface area contributed by atoms with Crippen LogP contribution in [0.3, 0.4) is 0 Å². The van der Waals surface area contributed by atoms with Crippen molar-refractivity contribution < 1.29 is 28.6 Å². The van der Waals surface area contributed by atoms with Crippen molar-refractivity contribution >= 4 is 23.6 Å². The number of ether oxygens (including phenoxy) is 2. The van der Waals surface area contributed by atoms with Gasteiger partial charge in [-0.15, -0.1) is 0 Å². The molecule has 1 aromatic carbocycles. The summed E-state index contributed by atoms with van der Waals surface area (Å²) in [7, 11) is 0. The van der Waals surface area contributed by atoms with Crippen LogP contribution >= 0.6 is 11.6 Å². The molecular weight excluding hydrogens is 320 g/mol. The Morgan fingerprint density at radius 2 is 2.14 bits per heavy atom. The molecular formula is C13H17ClF2N3O3+. The van der Waals surface area contributed by atoms with Crippen LogP contribution in [0.2, 0.25) is 5.02 Å². The molecule has 122 valence electrons. The zero-order valence-corrected chi connectivity index (χ0v) is 12.6. The molecule has 0 bridgehead atoms. The van der Waals surface area contributed by atoms with Crippen molar-refractivity contribution in [1.29, 1.82) is 5.53 Å². The minimum atomic E-state index is -2.58. The Morgan fingerprint density at radius 1 is 1.50 bits per heavy atom. The topological polar surface area (TPSA) is 111 Å². The summed E-state index contributed by atoms with van der Waals surface area (Å²) in [4.78, 5) is 11.3. The summed E-state index contributed by atoms with van der Waals surface area (Å²) in [6, 6.07) is 4.42. The molecule has 0 aliphatic heterocycles. The maximum atomic E-state index is 12.0. The normalized spacial score (nSPS) is 10.7. The second-order valence-electron chi connectivity index (χ2n) is 3.71. The second-order valence-corrected chi connectivity index (χ2v) is 4.12. The van der Waals surface area contributed by atoms with E-state index < -0.39 is 19.0 Å². The summed E-state index contributed by atoms with van der Waals surface area (Å²) in [6.07, 6.45) is -1.20. The van der Waals surface area contributed by atoms with E-state index in [2.05, 4.69) is 5.53 Å². The van der Waals surface area contributed by atoms with Crippen molar-refractivity contribution in [2.24, 2.45) is 5.73 Å². The van der Waals surface area contributed by atoms with E-state index in [-0.39, 0.29) is 23.1 Å². The van der Waals surface area contributed by atoms with Crippen LogP contribution in [0.25, 0.3) is 6.08 Å². The van der Waals surface area contributed by atoms with Gasteiger partial charge in [0, 0.05) is 0 Å². The van der Waals surface area contributed by atoms with Gasteiger partial charge in [-0.05, 0) is 30.7 Å². The molecule has 0 atom stereocenters. The molecule has 0 spiro atoms. The highest BCUT2D eigenvalue weighted by molar-refractivity contribution is 6.32. The predicted molar refractivity (Wildman–Crippen MR) is 76.4 cm³/mol. The van der Waals surface area contributed by atoms with E-state index in [0.717, 1.165) is 0 Å². The molecule has 6 nitrogen and oxygen atoms in total. The molecule has 0 fully saturated rings. The van der Waals surface area contributed by atoms with E-state index in [1.54, 1.807) is 13.0 Å². The Hall–Kier alpha value is -2.22. The number of hydrogen-bond acceptors (Lipinski definition) is 5. The number of esters is 1. The number of alkyl halides is 2. The molecule has 0 heterocycles. The van der Waals surface area contributed by atoms with Gasteiger partial charge in [-0.2, -0.15) is 5.53 Å². The van der Waals surface area contributed by atoms with Gasteiger partial charge in [-0.1, -0.05) is 23.2 Å². The van der Waals surface area contributed by atoms with Crippen LogP contribution in [-0.2, 0) is 9.53 Å². The van der Waals surface area contributed by atoms with Gasteiger partial charge in [-0.25, -0.2) is 13.6 Å². The number of carbonyl (C=O) groups is 1. The quantitative estimate of drug-likeness (QED) is 0.416. The van der Waals surface area contributed by atoms with Crippen molar-refractivity contribution in [2.75, 3.05) is 13.2 Å². The smallest absolute Gasteiger partial charge is 0.354 e. The molecule has 0 aliphatic rings. The zero-order valence-electron chi connectivity index (χ0n) is 11.8. The fraction of sp³-hybridized carbons (Fsp3) is 0.308. The third-order valence-corrected chi connectivity index (χ3v) is 2.45. The van der Waals surface area contributed by atoms with E-state index in [4.69, 9.17) is 32.3 Å². The van der Waals surface area contributed by atoms with Crippen LogP contribution in [0.15, 0.2) is 23.9 Å². The number of nitrogens with one attached hydrogen (secondary N) is 1. The first-order chi connectivity index (χ1) is 10.4. The largest absolute Gasteiger partial charge is 0.486 e. The van der Waals surface area contributed by atoms with Crippen LogP contribution < -0.4 is 16.0 Å². The minimum absolute atomic E-state index is 0.0795. The Bertz CT molecular complexity index is 527.